The standard InChI is InChI=1S/C14H26N4/c1-6-7-12(18(4)5)10-16-14-15-9-8-13(17-14)11(2)3/h8-9,11-12H,6-7,10H2,1-5H3,(H,15,16,17)/t12-/m0/s1. The molecular weight excluding hydrogens is 224 g/mol. The topological polar surface area (TPSA) is 41.1 Å². The Hall–Kier alpha value is -1.16. The van der Waals surface area contributed by atoms with Gasteiger partial charge in [-0.15, -0.1) is 0 Å². The first-order valence-electron chi connectivity index (χ1n) is 6.77. The van der Waals surface area contributed by atoms with Crippen LogP contribution < -0.4 is 5.32 Å². The van der Waals surface area contributed by atoms with E-state index in [0.29, 0.717) is 12.0 Å². The van der Waals surface area contributed by atoms with Crippen molar-refractivity contribution in [3.05, 3.63) is 18.0 Å². The molecule has 102 valence electrons. The van der Waals surface area contributed by atoms with E-state index in [1.165, 1.54) is 12.8 Å². The van der Waals surface area contributed by atoms with Crippen molar-refractivity contribution < 1.29 is 0 Å². The zero-order valence-electron chi connectivity index (χ0n) is 12.3. The highest BCUT2D eigenvalue weighted by Crippen LogP contribution is 2.12. The summed E-state index contributed by atoms with van der Waals surface area (Å²) in [6, 6.07) is 2.51. The number of aromatic nitrogens is 2. The Balaban J connectivity index is 2.58. The first-order valence-corrected chi connectivity index (χ1v) is 6.77. The van der Waals surface area contributed by atoms with Crippen molar-refractivity contribution in [3.8, 4) is 0 Å². The van der Waals surface area contributed by atoms with Crippen molar-refractivity contribution in [3.63, 3.8) is 0 Å². The molecule has 0 radical (unpaired) electrons. The maximum Gasteiger partial charge on any atom is 0.222 e. The fourth-order valence-corrected chi connectivity index (χ4v) is 1.86. The van der Waals surface area contributed by atoms with Crippen molar-refractivity contribution in [2.45, 2.75) is 45.6 Å². The first-order chi connectivity index (χ1) is 8.54. The summed E-state index contributed by atoms with van der Waals surface area (Å²) in [6.07, 6.45) is 4.20. The lowest BCUT2D eigenvalue weighted by atomic mass is 10.1. The van der Waals surface area contributed by atoms with Crippen LogP contribution >= 0.6 is 0 Å². The maximum absolute atomic E-state index is 4.52. The molecule has 0 fully saturated rings. The van der Waals surface area contributed by atoms with E-state index in [9.17, 15) is 0 Å². The van der Waals surface area contributed by atoms with Crippen LogP contribution in [0, 0.1) is 0 Å². The normalized spacial score (nSPS) is 13.1. The summed E-state index contributed by atoms with van der Waals surface area (Å²) >= 11 is 0. The summed E-state index contributed by atoms with van der Waals surface area (Å²) in [5.74, 6) is 1.18. The molecule has 0 unspecified atom stereocenters. The SMILES string of the molecule is CCC[C@@H](CNc1nccc(C(C)C)n1)N(C)C. The summed E-state index contributed by atoms with van der Waals surface area (Å²) in [5.41, 5.74) is 1.09. The van der Waals surface area contributed by atoms with Gasteiger partial charge in [-0.1, -0.05) is 27.2 Å². The quantitative estimate of drug-likeness (QED) is 0.808. The predicted molar refractivity (Wildman–Crippen MR) is 77.0 cm³/mol. The lowest BCUT2D eigenvalue weighted by molar-refractivity contribution is 0.288. The number of anilines is 1. The van der Waals surface area contributed by atoms with Crippen LogP contribution in [0.25, 0.3) is 0 Å². The zero-order valence-corrected chi connectivity index (χ0v) is 12.3. The Kier molecular flexibility index (Phi) is 6.05. The molecule has 0 amide bonds. The smallest absolute Gasteiger partial charge is 0.222 e. The van der Waals surface area contributed by atoms with Crippen molar-refractivity contribution >= 4 is 5.95 Å². The second-order valence-corrected chi connectivity index (χ2v) is 5.25. The highest BCUT2D eigenvalue weighted by Gasteiger charge is 2.11. The molecule has 1 heterocycles. The van der Waals surface area contributed by atoms with Gasteiger partial charge in [-0.3, -0.25) is 0 Å². The van der Waals surface area contributed by atoms with Crippen LogP contribution in [0.15, 0.2) is 12.3 Å². The Bertz CT molecular complexity index is 349. The van der Waals surface area contributed by atoms with E-state index in [2.05, 4.69) is 55.1 Å². The second kappa shape index (κ2) is 7.31. The summed E-state index contributed by atoms with van der Waals surface area (Å²) in [4.78, 5) is 11.0. The molecule has 18 heavy (non-hydrogen) atoms. The molecule has 1 atom stereocenters. The Morgan fingerprint density at radius 1 is 1.33 bits per heavy atom. The van der Waals surface area contributed by atoms with E-state index in [1.54, 1.807) is 0 Å². The van der Waals surface area contributed by atoms with Crippen LogP contribution in [-0.2, 0) is 0 Å². The van der Waals surface area contributed by atoms with Gasteiger partial charge in [-0.2, -0.15) is 0 Å². The van der Waals surface area contributed by atoms with Gasteiger partial charge in [0.25, 0.3) is 0 Å². The monoisotopic (exact) mass is 250 g/mol. The number of likely N-dealkylation sites (N-methyl/N-ethyl adjacent to an activating group) is 1. The van der Waals surface area contributed by atoms with Gasteiger partial charge in [0.2, 0.25) is 5.95 Å². The molecule has 0 saturated carbocycles. The van der Waals surface area contributed by atoms with Gasteiger partial charge in [0, 0.05) is 24.5 Å². The molecule has 1 N–H and O–H groups in total. The molecule has 1 rings (SSSR count). The van der Waals surface area contributed by atoms with E-state index >= 15 is 0 Å². The third-order valence-corrected chi connectivity index (χ3v) is 3.12. The van der Waals surface area contributed by atoms with Crippen LogP contribution in [0.3, 0.4) is 0 Å². The van der Waals surface area contributed by atoms with Gasteiger partial charge >= 0.3 is 0 Å². The molecule has 0 saturated heterocycles. The van der Waals surface area contributed by atoms with E-state index in [0.717, 1.165) is 18.2 Å². The zero-order chi connectivity index (χ0) is 13.5. The predicted octanol–water partition coefficient (Wildman–Crippen LogP) is 2.74. The minimum atomic E-state index is 0.439. The Morgan fingerprint density at radius 3 is 2.61 bits per heavy atom. The number of hydrogen-bond acceptors (Lipinski definition) is 4. The van der Waals surface area contributed by atoms with E-state index < -0.39 is 0 Å². The highest BCUT2D eigenvalue weighted by molar-refractivity contribution is 5.26. The van der Waals surface area contributed by atoms with E-state index in [-0.39, 0.29) is 0 Å². The maximum atomic E-state index is 4.52. The minimum Gasteiger partial charge on any atom is -0.353 e. The summed E-state index contributed by atoms with van der Waals surface area (Å²) < 4.78 is 0. The van der Waals surface area contributed by atoms with Gasteiger partial charge in [-0.05, 0) is 32.5 Å². The number of nitrogens with zero attached hydrogens (tertiary/aromatic N) is 3. The first kappa shape index (κ1) is 14.9. The van der Waals surface area contributed by atoms with Crippen molar-refractivity contribution in [1.82, 2.24) is 14.9 Å². The average molecular weight is 250 g/mol. The number of nitrogens with one attached hydrogen (secondary N) is 1. The van der Waals surface area contributed by atoms with E-state index in [4.69, 9.17) is 0 Å². The van der Waals surface area contributed by atoms with Crippen LogP contribution in [0.4, 0.5) is 5.95 Å². The molecule has 1 aromatic rings. The molecule has 0 aromatic carbocycles. The van der Waals surface area contributed by atoms with Gasteiger partial charge in [0.15, 0.2) is 0 Å². The highest BCUT2D eigenvalue weighted by atomic mass is 15.2. The molecule has 0 bridgehead atoms. The van der Waals surface area contributed by atoms with Crippen LogP contribution in [0.2, 0.25) is 0 Å². The Morgan fingerprint density at radius 2 is 2.06 bits per heavy atom. The molecular formula is C14H26N4. The molecule has 0 aliphatic carbocycles. The summed E-state index contributed by atoms with van der Waals surface area (Å²) in [6.45, 7) is 7.40. The molecule has 0 aliphatic rings. The molecule has 4 heteroatoms. The molecule has 0 aliphatic heterocycles. The van der Waals surface area contributed by atoms with Crippen LogP contribution in [-0.4, -0.2) is 41.5 Å². The van der Waals surface area contributed by atoms with Crippen molar-refractivity contribution in [2.75, 3.05) is 26.0 Å². The molecule has 0 spiro atoms. The van der Waals surface area contributed by atoms with Gasteiger partial charge in [0.05, 0.1) is 0 Å². The van der Waals surface area contributed by atoms with Crippen molar-refractivity contribution in [1.29, 1.82) is 0 Å². The van der Waals surface area contributed by atoms with E-state index in [1.807, 2.05) is 12.3 Å². The average Bonchev–Trinajstić information content (AvgIpc) is 2.34. The number of hydrogen-bond donors (Lipinski definition) is 1. The third kappa shape index (κ3) is 4.61. The lowest BCUT2D eigenvalue weighted by Crippen LogP contribution is -2.34. The molecule has 1 aromatic heterocycles. The van der Waals surface area contributed by atoms with Crippen LogP contribution in [0.5, 0.6) is 0 Å². The van der Waals surface area contributed by atoms with Gasteiger partial charge in [-0.25, -0.2) is 9.97 Å². The van der Waals surface area contributed by atoms with Crippen molar-refractivity contribution in [2.24, 2.45) is 0 Å². The fraction of sp³-hybridized carbons (Fsp3) is 0.714. The van der Waals surface area contributed by atoms with Crippen LogP contribution in [0.1, 0.15) is 45.2 Å². The largest absolute Gasteiger partial charge is 0.353 e. The van der Waals surface area contributed by atoms with Gasteiger partial charge < -0.3 is 10.2 Å². The summed E-state index contributed by atoms with van der Waals surface area (Å²) in [5, 5.41) is 3.34. The summed E-state index contributed by atoms with van der Waals surface area (Å²) in [7, 11) is 4.24. The third-order valence-electron chi connectivity index (χ3n) is 3.12. The molecule has 4 nitrogen and oxygen atoms in total. The fourth-order valence-electron chi connectivity index (χ4n) is 1.86. The minimum absolute atomic E-state index is 0.439. The number of rotatable bonds is 7. The Labute approximate surface area is 111 Å². The lowest BCUT2D eigenvalue weighted by Gasteiger charge is -2.24. The second-order valence-electron chi connectivity index (χ2n) is 5.25. The van der Waals surface area contributed by atoms with Gasteiger partial charge in [0.1, 0.15) is 0 Å².